The summed E-state index contributed by atoms with van der Waals surface area (Å²) in [7, 11) is 0. The van der Waals surface area contributed by atoms with Gasteiger partial charge in [0, 0.05) is 12.1 Å². The number of carbonyl (C=O) groups excluding carboxylic acids is 1. The largest absolute Gasteiger partial charge is 0.489 e. The van der Waals surface area contributed by atoms with E-state index in [1.54, 1.807) is 18.8 Å². The van der Waals surface area contributed by atoms with Crippen molar-refractivity contribution in [2.45, 2.75) is 26.5 Å². The number of anilines is 2. The van der Waals surface area contributed by atoms with Gasteiger partial charge in [-0.1, -0.05) is 0 Å². The maximum atomic E-state index is 11.9. The van der Waals surface area contributed by atoms with Crippen molar-refractivity contribution in [2.75, 3.05) is 11.1 Å². The molecule has 0 bridgehead atoms. The van der Waals surface area contributed by atoms with Gasteiger partial charge in [-0.05, 0) is 13.8 Å². The maximum Gasteiger partial charge on any atom is 0.444 e. The molecule has 1 aromatic heterocycles. The summed E-state index contributed by atoms with van der Waals surface area (Å²) in [4.78, 5) is 17.4. The first-order valence-electron chi connectivity index (χ1n) is 6.36. The molecule has 0 aliphatic heterocycles. The van der Waals surface area contributed by atoms with E-state index in [9.17, 15) is 13.6 Å². The molecule has 0 fully saturated rings. The van der Waals surface area contributed by atoms with Crippen LogP contribution in [0.3, 0.4) is 0 Å². The van der Waals surface area contributed by atoms with E-state index >= 15 is 0 Å². The Morgan fingerprint density at radius 1 is 1.50 bits per heavy atom. The molecule has 0 aromatic carbocycles. The Kier molecular flexibility index (Phi) is 6.24. The van der Waals surface area contributed by atoms with Crippen LogP contribution in [0.4, 0.5) is 20.3 Å². The van der Waals surface area contributed by atoms with E-state index in [1.165, 1.54) is 12.3 Å². The van der Waals surface area contributed by atoms with Crippen molar-refractivity contribution in [2.24, 2.45) is 5.73 Å². The number of aromatic nitrogens is 1. The number of amides is 1. The fourth-order valence-corrected chi connectivity index (χ4v) is 1.38. The second kappa shape index (κ2) is 7.91. The normalized spacial score (nSPS) is 12.2. The van der Waals surface area contributed by atoms with Crippen molar-refractivity contribution >= 4 is 23.6 Å². The van der Waals surface area contributed by atoms with Crippen LogP contribution in [0.2, 0.25) is 0 Å². The predicted molar refractivity (Wildman–Crippen MR) is 78.3 cm³/mol. The smallest absolute Gasteiger partial charge is 0.444 e. The van der Waals surface area contributed by atoms with Gasteiger partial charge in [-0.25, -0.2) is 4.98 Å². The van der Waals surface area contributed by atoms with Gasteiger partial charge in [0.2, 0.25) is 0 Å². The van der Waals surface area contributed by atoms with Gasteiger partial charge in [-0.3, -0.25) is 4.79 Å². The summed E-state index contributed by atoms with van der Waals surface area (Å²) in [6.45, 7) is 0.877. The highest BCUT2D eigenvalue weighted by atomic mass is 19.3. The molecule has 1 amide bonds. The van der Waals surface area contributed by atoms with Gasteiger partial charge < -0.3 is 21.5 Å². The summed E-state index contributed by atoms with van der Waals surface area (Å²) in [6.07, 6.45) is 3.08. The van der Waals surface area contributed by atoms with Crippen LogP contribution in [0.25, 0.3) is 0 Å². The third kappa shape index (κ3) is 5.73. The van der Waals surface area contributed by atoms with E-state index in [0.717, 1.165) is 12.3 Å². The number of pyridine rings is 1. The van der Waals surface area contributed by atoms with Crippen molar-refractivity contribution in [3.63, 3.8) is 0 Å². The average molecular weight is 314 g/mol. The molecule has 0 radical (unpaired) electrons. The number of halogens is 2. The van der Waals surface area contributed by atoms with Crippen LogP contribution in [-0.4, -0.2) is 29.8 Å². The quantitative estimate of drug-likeness (QED) is 0.324. The van der Waals surface area contributed by atoms with E-state index in [4.69, 9.17) is 16.2 Å². The Bertz CT molecular complexity index is 588. The number of carbonyl (C=O) groups is 1. The van der Waals surface area contributed by atoms with E-state index in [-0.39, 0.29) is 23.3 Å². The Hall–Kier alpha value is -2.71. The molecular weight excluding hydrogens is 296 g/mol. The zero-order chi connectivity index (χ0) is 16.7. The number of hydrogen-bond donors (Lipinski definition) is 4. The lowest BCUT2D eigenvalue weighted by Crippen LogP contribution is -2.72. The van der Waals surface area contributed by atoms with Gasteiger partial charge in [0.05, 0.1) is 12.3 Å². The standard InChI is InChI=1S/C13H17F2N5O2/c1-7(2)22-10-5-11(17)19-6-9(10)20-12(21)8(16)3-4-18-13(14)15/h3-7,13H,16H2,1-2H3,(H2,17,19)(H,20,21)/p+1. The molecule has 7 nitrogen and oxygen atoms in total. The van der Waals surface area contributed by atoms with E-state index in [1.807, 2.05) is 0 Å². The van der Waals surface area contributed by atoms with Gasteiger partial charge in [0.15, 0.2) is 6.21 Å². The monoisotopic (exact) mass is 314 g/mol. The lowest BCUT2D eigenvalue weighted by Gasteiger charge is -2.15. The second-order valence-corrected chi connectivity index (χ2v) is 4.48. The second-order valence-electron chi connectivity index (χ2n) is 4.48. The van der Waals surface area contributed by atoms with E-state index in [2.05, 4.69) is 10.3 Å². The molecule has 9 heteroatoms. The van der Waals surface area contributed by atoms with Crippen LogP contribution in [-0.2, 0) is 4.79 Å². The molecule has 0 saturated heterocycles. The molecule has 6 N–H and O–H groups in total. The number of nitrogens with two attached hydrogens (primary N) is 2. The van der Waals surface area contributed by atoms with Crippen LogP contribution in [0, 0.1) is 0 Å². The van der Waals surface area contributed by atoms with Gasteiger partial charge in [0.1, 0.15) is 23.0 Å². The predicted octanol–water partition coefficient (Wildman–Crippen LogP) is -0.394. The molecule has 22 heavy (non-hydrogen) atoms. The minimum absolute atomic E-state index is 0.145. The fourth-order valence-electron chi connectivity index (χ4n) is 1.38. The average Bonchev–Trinajstić information content (AvgIpc) is 2.40. The molecule has 120 valence electrons. The van der Waals surface area contributed by atoms with Crippen molar-refractivity contribution in [3.05, 3.63) is 24.0 Å². The summed E-state index contributed by atoms with van der Waals surface area (Å²) in [6, 6.07) is 1.46. The molecule has 0 atom stereocenters. The summed E-state index contributed by atoms with van der Waals surface area (Å²) in [5.41, 5.74) is 11.0. The number of ether oxygens (including phenoxy) is 1. The number of nitrogens with zero attached hydrogens (tertiary/aromatic N) is 1. The first-order valence-corrected chi connectivity index (χ1v) is 6.36. The number of rotatable bonds is 6. The summed E-state index contributed by atoms with van der Waals surface area (Å²) >= 11 is 0. The third-order valence-corrected chi connectivity index (χ3v) is 2.25. The number of hydrogen-bond acceptors (Lipinski definition) is 5. The van der Waals surface area contributed by atoms with Crippen molar-refractivity contribution in [3.8, 4) is 5.75 Å². The summed E-state index contributed by atoms with van der Waals surface area (Å²) < 4.78 is 29.3. The third-order valence-electron chi connectivity index (χ3n) is 2.25. The van der Waals surface area contributed by atoms with Gasteiger partial charge in [-0.2, -0.15) is 4.99 Å². The van der Waals surface area contributed by atoms with Gasteiger partial charge >= 0.3 is 6.55 Å². The first-order chi connectivity index (χ1) is 10.3. The zero-order valence-electron chi connectivity index (χ0n) is 12.1. The highest BCUT2D eigenvalue weighted by molar-refractivity contribution is 6.05. The Morgan fingerprint density at radius 3 is 2.77 bits per heavy atom. The molecule has 0 unspecified atom stereocenters. The number of allylic oxidation sites excluding steroid dienone is 1. The molecule has 0 saturated carbocycles. The molecule has 1 rings (SSSR count). The van der Waals surface area contributed by atoms with Crippen LogP contribution in [0.5, 0.6) is 5.75 Å². The minimum Gasteiger partial charge on any atom is -0.489 e. The Balaban J connectivity index is 2.87. The lowest BCUT2D eigenvalue weighted by atomic mass is 10.3. The number of alkyl halides is 2. The number of nitrogen functional groups attached to an aromatic ring is 1. The highest BCUT2D eigenvalue weighted by Crippen LogP contribution is 2.26. The molecule has 0 spiro atoms. The fraction of sp³-hybridized carbons (Fsp3) is 0.308. The summed E-state index contributed by atoms with van der Waals surface area (Å²) in [5, 5.41) is 2.47. The molecule has 0 aliphatic rings. The zero-order valence-corrected chi connectivity index (χ0v) is 12.1. The van der Waals surface area contributed by atoms with Crippen molar-refractivity contribution in [1.29, 1.82) is 0 Å². The van der Waals surface area contributed by atoms with Gasteiger partial charge in [0.25, 0.3) is 5.91 Å². The van der Waals surface area contributed by atoms with Crippen LogP contribution < -0.4 is 26.5 Å². The van der Waals surface area contributed by atoms with Gasteiger partial charge in [-0.15, -0.1) is 8.78 Å². The van der Waals surface area contributed by atoms with Crippen LogP contribution in [0.15, 0.2) is 24.0 Å². The van der Waals surface area contributed by atoms with Crippen molar-refractivity contribution in [1.82, 2.24) is 4.98 Å². The number of nitrogens with one attached hydrogen (secondary N) is 2. The molecule has 0 aliphatic carbocycles. The van der Waals surface area contributed by atoms with E-state index < -0.39 is 12.5 Å². The minimum atomic E-state index is -2.74. The molecule has 1 aromatic rings. The summed E-state index contributed by atoms with van der Waals surface area (Å²) in [5.74, 6) is -0.127. The SMILES string of the molecule is CC(C)Oc1cc(N)ncc1NC(=O)C(N)=CC=[NH+]C(F)F. The highest BCUT2D eigenvalue weighted by Gasteiger charge is 2.12. The molecule has 1 heterocycles. The lowest BCUT2D eigenvalue weighted by molar-refractivity contribution is -0.568. The van der Waals surface area contributed by atoms with E-state index in [0.29, 0.717) is 5.75 Å². The van der Waals surface area contributed by atoms with Crippen LogP contribution >= 0.6 is 0 Å². The first kappa shape index (κ1) is 17.3. The Morgan fingerprint density at radius 2 is 2.18 bits per heavy atom. The topological polar surface area (TPSA) is 117 Å². The van der Waals surface area contributed by atoms with Crippen LogP contribution in [0.1, 0.15) is 13.8 Å². The molecular formula is C13H18F2N5O2+. The maximum absolute atomic E-state index is 11.9. The Labute approximate surface area is 126 Å². The van der Waals surface area contributed by atoms with Crippen molar-refractivity contribution < 1.29 is 23.3 Å².